The lowest BCUT2D eigenvalue weighted by molar-refractivity contribution is -0.132. The summed E-state index contributed by atoms with van der Waals surface area (Å²) < 4.78 is 10.7. The molecule has 3 aliphatic rings. The van der Waals surface area contributed by atoms with Crippen LogP contribution in [0.15, 0.2) is 23.1 Å². The van der Waals surface area contributed by atoms with Gasteiger partial charge in [0.25, 0.3) is 0 Å². The van der Waals surface area contributed by atoms with Gasteiger partial charge in [0.15, 0.2) is 17.3 Å². The van der Waals surface area contributed by atoms with Crippen LogP contribution in [0.5, 0.6) is 17.2 Å². The van der Waals surface area contributed by atoms with Crippen LogP contribution >= 0.6 is 0 Å². The van der Waals surface area contributed by atoms with Crippen molar-refractivity contribution >= 4 is 29.4 Å². The minimum absolute atomic E-state index is 0.00347. The summed E-state index contributed by atoms with van der Waals surface area (Å²) in [6.45, 7) is 8.67. The highest BCUT2D eigenvalue weighted by molar-refractivity contribution is 6.31. The van der Waals surface area contributed by atoms with Crippen LogP contribution in [0.4, 0.5) is 4.79 Å². The average Bonchev–Trinajstić information content (AvgIpc) is 3.18. The highest BCUT2D eigenvalue weighted by Gasteiger charge is 2.56. The number of nitrogens with zero attached hydrogens (tertiary/aromatic N) is 2. The van der Waals surface area contributed by atoms with Crippen molar-refractivity contribution < 1.29 is 43.7 Å². The number of benzene rings is 1. The number of carbonyl (C=O) groups excluding carboxylic acids is 5. The van der Waals surface area contributed by atoms with Gasteiger partial charge in [-0.2, -0.15) is 0 Å². The van der Waals surface area contributed by atoms with Gasteiger partial charge in [-0.25, -0.2) is 4.79 Å². The summed E-state index contributed by atoms with van der Waals surface area (Å²) in [6, 6.07) is 0. The van der Waals surface area contributed by atoms with Gasteiger partial charge in [-0.15, -0.1) is 0 Å². The van der Waals surface area contributed by atoms with Gasteiger partial charge in [0.05, 0.1) is 24.3 Å². The van der Waals surface area contributed by atoms with E-state index in [4.69, 9.17) is 9.47 Å². The smallest absolute Gasteiger partial charge is 0.409 e. The van der Waals surface area contributed by atoms with Gasteiger partial charge in [-0.3, -0.25) is 19.2 Å². The van der Waals surface area contributed by atoms with E-state index in [9.17, 15) is 34.2 Å². The number of ketones is 3. The maximum Gasteiger partial charge on any atom is 0.409 e. The zero-order valence-corrected chi connectivity index (χ0v) is 22.5. The largest absolute Gasteiger partial charge is 0.507 e. The number of fused-ring (bicyclic) bond motifs is 3. The fourth-order valence-corrected chi connectivity index (χ4v) is 5.12. The molecule has 12 nitrogen and oxygen atoms in total. The summed E-state index contributed by atoms with van der Waals surface area (Å²) in [7, 11) is 0. The average molecular weight is 542 g/mol. The predicted molar refractivity (Wildman–Crippen MR) is 136 cm³/mol. The number of carbonyl (C=O) groups is 5. The molecule has 208 valence electrons. The molecule has 1 unspecified atom stereocenters. The molecule has 12 heteroatoms. The maximum absolute atomic E-state index is 13.8. The Morgan fingerprint density at radius 2 is 1.69 bits per heavy atom. The minimum Gasteiger partial charge on any atom is -0.507 e. The van der Waals surface area contributed by atoms with Crippen LogP contribution in [0.2, 0.25) is 0 Å². The second-order valence-corrected chi connectivity index (χ2v) is 9.81. The molecular weight excluding hydrogens is 510 g/mol. The third-order valence-corrected chi connectivity index (χ3v) is 7.42. The summed E-state index contributed by atoms with van der Waals surface area (Å²) in [5, 5.41) is 24.2. The van der Waals surface area contributed by atoms with E-state index in [1.54, 1.807) is 11.8 Å². The van der Waals surface area contributed by atoms with E-state index in [1.165, 1.54) is 32.6 Å². The highest BCUT2D eigenvalue weighted by atomic mass is 16.6. The van der Waals surface area contributed by atoms with E-state index in [2.05, 4.69) is 5.32 Å². The molecule has 2 amide bonds. The first-order chi connectivity index (χ1) is 18.3. The first-order valence-electron chi connectivity index (χ1n) is 12.6. The Morgan fingerprint density at radius 3 is 2.28 bits per heavy atom. The number of ether oxygens (including phenoxy) is 2. The lowest BCUT2D eigenvalue weighted by Gasteiger charge is -2.34. The zero-order chi connectivity index (χ0) is 28.8. The molecule has 4 rings (SSSR count). The molecule has 1 saturated heterocycles. The monoisotopic (exact) mass is 541 g/mol. The van der Waals surface area contributed by atoms with Crippen molar-refractivity contribution in [2.45, 2.75) is 40.0 Å². The second kappa shape index (κ2) is 10.1. The summed E-state index contributed by atoms with van der Waals surface area (Å²) >= 11 is 0. The van der Waals surface area contributed by atoms with Crippen molar-refractivity contribution in [1.82, 2.24) is 15.1 Å². The number of nitrogens with one attached hydrogen (secondary N) is 1. The van der Waals surface area contributed by atoms with Crippen molar-refractivity contribution in [2.24, 2.45) is 0 Å². The quantitative estimate of drug-likeness (QED) is 0.283. The van der Waals surface area contributed by atoms with Crippen molar-refractivity contribution in [1.29, 1.82) is 0 Å². The molecule has 2 heterocycles. The van der Waals surface area contributed by atoms with Gasteiger partial charge in [-0.05, 0) is 34.6 Å². The van der Waals surface area contributed by atoms with Gasteiger partial charge in [-0.1, -0.05) is 0 Å². The Hall–Kier alpha value is -4.35. The molecule has 0 radical (unpaired) electrons. The fraction of sp³-hybridized carbons (Fsp3) is 0.444. The third-order valence-electron chi connectivity index (χ3n) is 7.42. The molecule has 1 aromatic carbocycles. The summed E-state index contributed by atoms with van der Waals surface area (Å²) in [6.07, 6.45) is 0.691. The molecule has 0 bridgehead atoms. The number of amides is 2. The van der Waals surface area contributed by atoms with Gasteiger partial charge in [0.2, 0.25) is 5.91 Å². The van der Waals surface area contributed by atoms with E-state index >= 15 is 0 Å². The van der Waals surface area contributed by atoms with Gasteiger partial charge in [0, 0.05) is 43.5 Å². The number of aromatic hydroxyl groups is 2. The molecule has 1 fully saturated rings. The molecule has 39 heavy (non-hydrogen) atoms. The van der Waals surface area contributed by atoms with Crippen molar-refractivity contribution in [3.8, 4) is 17.2 Å². The summed E-state index contributed by atoms with van der Waals surface area (Å²) in [5.74, 6) is -3.27. The second-order valence-electron chi connectivity index (χ2n) is 9.81. The predicted octanol–water partition coefficient (Wildman–Crippen LogP) is 1.46. The molecule has 0 aromatic heterocycles. The van der Waals surface area contributed by atoms with E-state index in [-0.39, 0.29) is 58.5 Å². The molecule has 2 aliphatic heterocycles. The number of phenolic OH excluding ortho intramolecular Hbond substituents is 2. The lowest BCUT2D eigenvalue weighted by Crippen LogP contribution is -2.52. The maximum atomic E-state index is 13.8. The topological polar surface area (TPSA) is 163 Å². The molecule has 3 N–H and O–H groups in total. The molecule has 1 atom stereocenters. The summed E-state index contributed by atoms with van der Waals surface area (Å²) in [4.78, 5) is 66.9. The van der Waals surface area contributed by atoms with Crippen LogP contribution in [0.3, 0.4) is 0 Å². The molecule has 0 saturated carbocycles. The van der Waals surface area contributed by atoms with Crippen LogP contribution < -0.4 is 10.1 Å². The fourth-order valence-electron chi connectivity index (χ4n) is 5.12. The molecule has 1 aliphatic carbocycles. The Balaban J connectivity index is 1.57. The molecule has 1 aromatic rings. The van der Waals surface area contributed by atoms with Crippen molar-refractivity contribution in [3.63, 3.8) is 0 Å². The SMILES string of the molecule is CCOC(=O)N1CCN(C(=O)CNC(C)=C2C(=O)C=C3Oc4c(C(C)=O)c(O)c(C)c(O)c4C3(C)C2=O)CC1. The Bertz CT molecular complexity index is 1370. The minimum atomic E-state index is -1.64. The third kappa shape index (κ3) is 4.39. The number of allylic oxidation sites excluding steroid dienone is 4. The standard InChI is InChI=1S/C27H31N3O9/c1-6-38-26(37)30-9-7-29(8-10-30)18(33)12-28-14(3)19-16(32)11-17-27(5,25(19)36)21-23(35)13(2)22(34)20(15(4)31)24(21)39-17/h11,28,34-35H,6-10,12H2,1-5H3. The summed E-state index contributed by atoms with van der Waals surface area (Å²) in [5.41, 5.74) is -1.88. The first-order valence-corrected chi connectivity index (χ1v) is 12.6. The van der Waals surface area contributed by atoms with Crippen LogP contribution in [0.1, 0.15) is 49.2 Å². The van der Waals surface area contributed by atoms with Gasteiger partial charge >= 0.3 is 6.09 Å². The van der Waals surface area contributed by atoms with E-state index in [0.29, 0.717) is 26.2 Å². The van der Waals surface area contributed by atoms with Crippen molar-refractivity contribution in [2.75, 3.05) is 39.3 Å². The van der Waals surface area contributed by atoms with Crippen LogP contribution in [-0.2, 0) is 24.5 Å². The van der Waals surface area contributed by atoms with Gasteiger partial charge in [0.1, 0.15) is 34.0 Å². The Kier molecular flexibility index (Phi) is 7.15. The Labute approximate surface area is 224 Å². The number of Topliss-reactive ketones (excluding diaryl/α,β-unsaturated/α-hetero) is 2. The highest BCUT2D eigenvalue weighted by Crippen LogP contribution is 2.57. The van der Waals surface area contributed by atoms with Crippen LogP contribution in [0, 0.1) is 6.92 Å². The zero-order valence-electron chi connectivity index (χ0n) is 22.5. The van der Waals surface area contributed by atoms with E-state index in [1.807, 2.05) is 0 Å². The number of piperazine rings is 1. The van der Waals surface area contributed by atoms with E-state index in [0.717, 1.165) is 6.08 Å². The molecule has 0 spiro atoms. The molecular formula is C27H31N3O9. The van der Waals surface area contributed by atoms with E-state index < -0.39 is 40.4 Å². The number of phenols is 2. The number of hydrogen-bond acceptors (Lipinski definition) is 10. The number of hydrogen-bond donors (Lipinski definition) is 3. The first kappa shape index (κ1) is 27.7. The number of rotatable bonds is 5. The van der Waals surface area contributed by atoms with Crippen LogP contribution in [-0.4, -0.2) is 88.7 Å². The Morgan fingerprint density at radius 1 is 1.08 bits per heavy atom. The van der Waals surface area contributed by atoms with Crippen LogP contribution in [0.25, 0.3) is 0 Å². The lowest BCUT2D eigenvalue weighted by atomic mass is 9.70. The van der Waals surface area contributed by atoms with Crippen molar-refractivity contribution in [3.05, 3.63) is 39.8 Å². The van der Waals surface area contributed by atoms with Gasteiger partial charge < -0.3 is 34.8 Å². The normalized spacial score (nSPS) is 21.5.